The Kier molecular flexibility index (Phi) is 4.62. The van der Waals surface area contributed by atoms with Crippen molar-refractivity contribution in [3.05, 3.63) is 53.6 Å². The zero-order chi connectivity index (χ0) is 18.8. The third-order valence-electron chi connectivity index (χ3n) is 4.69. The van der Waals surface area contributed by atoms with E-state index in [-0.39, 0.29) is 5.56 Å². The van der Waals surface area contributed by atoms with Crippen LogP contribution in [0.2, 0.25) is 0 Å². The van der Waals surface area contributed by atoms with E-state index in [0.717, 1.165) is 47.2 Å². The van der Waals surface area contributed by atoms with Gasteiger partial charge in [-0.15, -0.1) is 0 Å². The SMILES string of the molecule is NCCCNCc1cccc2[nH]c(-c3n[nH]c4cc(C(=O)O)ccc34)cc12. The van der Waals surface area contributed by atoms with Crippen LogP contribution in [0, 0.1) is 0 Å². The van der Waals surface area contributed by atoms with E-state index in [1.165, 1.54) is 5.56 Å². The van der Waals surface area contributed by atoms with Gasteiger partial charge >= 0.3 is 5.97 Å². The number of carboxylic acids is 1. The first-order chi connectivity index (χ1) is 13.2. The Morgan fingerprint density at radius 3 is 2.85 bits per heavy atom. The molecule has 27 heavy (non-hydrogen) atoms. The maximum absolute atomic E-state index is 11.2. The van der Waals surface area contributed by atoms with E-state index in [1.807, 2.05) is 12.1 Å². The standard InChI is InChI=1S/C20H21N5O2/c21-7-2-8-22-11-13-3-1-4-16-15(13)10-18(23-16)19-14-6-5-12(20(26)27)9-17(14)24-25-19/h1,3-6,9-10,22-23H,2,7-8,11,21H2,(H,24,25)(H,26,27). The van der Waals surface area contributed by atoms with E-state index >= 15 is 0 Å². The first-order valence-corrected chi connectivity index (χ1v) is 8.90. The third kappa shape index (κ3) is 3.30. The molecule has 2 heterocycles. The van der Waals surface area contributed by atoms with Crippen LogP contribution in [0.3, 0.4) is 0 Å². The summed E-state index contributed by atoms with van der Waals surface area (Å²) in [6, 6.07) is 13.3. The number of nitrogens with zero attached hydrogens (tertiary/aromatic N) is 1. The molecule has 0 unspecified atom stereocenters. The molecule has 0 fully saturated rings. The van der Waals surface area contributed by atoms with Crippen molar-refractivity contribution in [3.8, 4) is 11.4 Å². The fraction of sp³-hybridized carbons (Fsp3) is 0.200. The van der Waals surface area contributed by atoms with Crippen LogP contribution < -0.4 is 11.1 Å². The monoisotopic (exact) mass is 363 g/mol. The Morgan fingerprint density at radius 1 is 1.15 bits per heavy atom. The Hall–Kier alpha value is -3.16. The van der Waals surface area contributed by atoms with Crippen molar-refractivity contribution < 1.29 is 9.90 Å². The number of H-pyrrole nitrogens is 2. The predicted octanol–water partition coefficient (Wildman–Crippen LogP) is 2.85. The molecule has 7 heteroatoms. The van der Waals surface area contributed by atoms with Gasteiger partial charge in [-0.3, -0.25) is 5.10 Å². The quantitative estimate of drug-likeness (QED) is 0.323. The summed E-state index contributed by atoms with van der Waals surface area (Å²) in [5.74, 6) is -0.953. The fourth-order valence-corrected chi connectivity index (χ4v) is 3.31. The second-order valence-corrected chi connectivity index (χ2v) is 6.52. The number of hydrogen-bond acceptors (Lipinski definition) is 4. The number of aromatic nitrogens is 3. The first kappa shape index (κ1) is 17.3. The minimum absolute atomic E-state index is 0.236. The van der Waals surface area contributed by atoms with Gasteiger partial charge in [0.15, 0.2) is 0 Å². The molecule has 2 aromatic carbocycles. The molecule has 6 N–H and O–H groups in total. The topological polar surface area (TPSA) is 120 Å². The van der Waals surface area contributed by atoms with E-state index in [9.17, 15) is 4.79 Å². The van der Waals surface area contributed by atoms with E-state index in [2.05, 4.69) is 32.6 Å². The summed E-state index contributed by atoms with van der Waals surface area (Å²) < 4.78 is 0. The highest BCUT2D eigenvalue weighted by molar-refractivity contribution is 5.99. The average molecular weight is 363 g/mol. The largest absolute Gasteiger partial charge is 0.478 e. The van der Waals surface area contributed by atoms with Crippen LogP contribution in [-0.4, -0.2) is 39.3 Å². The van der Waals surface area contributed by atoms with E-state index < -0.39 is 5.97 Å². The highest BCUT2D eigenvalue weighted by Gasteiger charge is 2.14. The summed E-state index contributed by atoms with van der Waals surface area (Å²) in [6.07, 6.45) is 0.950. The summed E-state index contributed by atoms with van der Waals surface area (Å²) >= 11 is 0. The zero-order valence-electron chi connectivity index (χ0n) is 14.7. The summed E-state index contributed by atoms with van der Waals surface area (Å²) in [6.45, 7) is 2.35. The number of nitrogens with one attached hydrogen (secondary N) is 3. The number of aromatic carboxylic acids is 1. The smallest absolute Gasteiger partial charge is 0.335 e. The Balaban J connectivity index is 1.70. The first-order valence-electron chi connectivity index (χ1n) is 8.90. The van der Waals surface area contributed by atoms with Crippen molar-refractivity contribution in [2.75, 3.05) is 13.1 Å². The minimum Gasteiger partial charge on any atom is -0.478 e. The van der Waals surface area contributed by atoms with Gasteiger partial charge in [0.05, 0.1) is 16.8 Å². The zero-order valence-corrected chi connectivity index (χ0v) is 14.7. The number of benzene rings is 2. The summed E-state index contributed by atoms with van der Waals surface area (Å²) in [7, 11) is 0. The van der Waals surface area contributed by atoms with Crippen molar-refractivity contribution in [3.63, 3.8) is 0 Å². The highest BCUT2D eigenvalue weighted by atomic mass is 16.4. The second kappa shape index (κ2) is 7.22. The Bertz CT molecular complexity index is 1110. The summed E-state index contributed by atoms with van der Waals surface area (Å²) in [4.78, 5) is 14.6. The molecule has 0 saturated heterocycles. The van der Waals surface area contributed by atoms with Gasteiger partial charge in [-0.1, -0.05) is 12.1 Å². The molecule has 2 aromatic heterocycles. The van der Waals surface area contributed by atoms with E-state index in [4.69, 9.17) is 10.8 Å². The number of rotatable bonds is 7. The molecular formula is C20H21N5O2. The average Bonchev–Trinajstić information content (AvgIpc) is 3.28. The van der Waals surface area contributed by atoms with Crippen LogP contribution in [0.5, 0.6) is 0 Å². The van der Waals surface area contributed by atoms with Gasteiger partial charge in [-0.25, -0.2) is 4.79 Å². The van der Waals surface area contributed by atoms with Crippen LogP contribution in [0.1, 0.15) is 22.3 Å². The summed E-state index contributed by atoms with van der Waals surface area (Å²) in [5, 5.41) is 21.9. The van der Waals surface area contributed by atoms with Crippen molar-refractivity contribution in [2.45, 2.75) is 13.0 Å². The van der Waals surface area contributed by atoms with Crippen LogP contribution in [0.4, 0.5) is 0 Å². The van der Waals surface area contributed by atoms with Crippen molar-refractivity contribution >= 4 is 27.8 Å². The lowest BCUT2D eigenvalue weighted by Gasteiger charge is -2.05. The number of fused-ring (bicyclic) bond motifs is 2. The third-order valence-corrected chi connectivity index (χ3v) is 4.69. The molecule has 0 aliphatic carbocycles. The molecule has 4 rings (SSSR count). The molecule has 138 valence electrons. The Labute approximate surface area is 155 Å². The molecule has 0 amide bonds. The van der Waals surface area contributed by atoms with Gasteiger partial charge in [0.1, 0.15) is 5.69 Å². The molecule has 0 saturated carbocycles. The number of carboxylic acid groups (broad SMARTS) is 1. The molecule has 4 aromatic rings. The number of aromatic amines is 2. The van der Waals surface area contributed by atoms with E-state index in [1.54, 1.807) is 18.2 Å². The maximum Gasteiger partial charge on any atom is 0.335 e. The lowest BCUT2D eigenvalue weighted by atomic mass is 10.1. The Morgan fingerprint density at radius 2 is 2.04 bits per heavy atom. The summed E-state index contributed by atoms with van der Waals surface area (Å²) in [5.41, 5.74) is 10.4. The molecule has 0 radical (unpaired) electrons. The van der Waals surface area contributed by atoms with Gasteiger partial charge in [-0.05, 0) is 55.4 Å². The van der Waals surface area contributed by atoms with Gasteiger partial charge in [0.25, 0.3) is 0 Å². The van der Waals surface area contributed by atoms with Crippen molar-refractivity contribution in [2.24, 2.45) is 5.73 Å². The fourth-order valence-electron chi connectivity index (χ4n) is 3.31. The normalized spacial score (nSPS) is 11.4. The van der Waals surface area contributed by atoms with E-state index in [0.29, 0.717) is 12.1 Å². The molecule has 0 bridgehead atoms. The van der Waals surface area contributed by atoms with Crippen LogP contribution in [0.15, 0.2) is 42.5 Å². The lowest BCUT2D eigenvalue weighted by Crippen LogP contribution is -2.17. The van der Waals surface area contributed by atoms with Crippen molar-refractivity contribution in [1.82, 2.24) is 20.5 Å². The molecule has 0 atom stereocenters. The van der Waals surface area contributed by atoms with Gasteiger partial charge in [0.2, 0.25) is 0 Å². The van der Waals surface area contributed by atoms with Crippen molar-refractivity contribution in [1.29, 1.82) is 0 Å². The molecule has 0 aliphatic heterocycles. The van der Waals surface area contributed by atoms with Crippen LogP contribution in [-0.2, 0) is 6.54 Å². The molecule has 0 aliphatic rings. The molecular weight excluding hydrogens is 342 g/mol. The molecule has 0 spiro atoms. The van der Waals surface area contributed by atoms with Crippen LogP contribution in [0.25, 0.3) is 33.2 Å². The number of nitrogens with two attached hydrogens (primary N) is 1. The second-order valence-electron chi connectivity index (χ2n) is 6.52. The minimum atomic E-state index is -0.953. The number of carbonyl (C=O) groups is 1. The lowest BCUT2D eigenvalue weighted by molar-refractivity contribution is 0.0697. The number of hydrogen-bond donors (Lipinski definition) is 5. The highest BCUT2D eigenvalue weighted by Crippen LogP contribution is 2.30. The van der Waals surface area contributed by atoms with Gasteiger partial charge in [-0.2, -0.15) is 5.10 Å². The van der Waals surface area contributed by atoms with Gasteiger partial charge in [0, 0.05) is 22.8 Å². The maximum atomic E-state index is 11.2. The van der Waals surface area contributed by atoms with Gasteiger partial charge < -0.3 is 21.1 Å². The predicted molar refractivity (Wildman–Crippen MR) is 106 cm³/mol. The molecule has 7 nitrogen and oxygen atoms in total. The van der Waals surface area contributed by atoms with Crippen LogP contribution >= 0.6 is 0 Å².